The van der Waals surface area contributed by atoms with Crippen LogP contribution in [-0.2, 0) is 12.2 Å². The van der Waals surface area contributed by atoms with E-state index in [2.05, 4.69) is 0 Å². The van der Waals surface area contributed by atoms with Crippen molar-refractivity contribution in [3.8, 4) is 17.2 Å². The molecule has 1 aliphatic rings. The quantitative estimate of drug-likeness (QED) is 0.343. The number of aromatic nitrogens is 2. The summed E-state index contributed by atoms with van der Waals surface area (Å²) in [7, 11) is 3.15. The van der Waals surface area contributed by atoms with Crippen molar-refractivity contribution in [3.05, 3.63) is 68.1 Å². The average molecular weight is 481 g/mol. The van der Waals surface area contributed by atoms with Crippen molar-refractivity contribution in [3.63, 3.8) is 0 Å². The first-order valence-corrected chi connectivity index (χ1v) is 11.8. The normalized spacial score (nSPS) is 12.7. The average Bonchev–Trinajstić information content (AvgIpc) is 3.23. The molecule has 2 heterocycles. The van der Waals surface area contributed by atoms with Gasteiger partial charge in [0.05, 0.1) is 40.5 Å². The largest absolute Gasteiger partial charge is 0.493 e. The maximum atomic E-state index is 13.3. The molecule has 0 saturated carbocycles. The fourth-order valence-electron chi connectivity index (χ4n) is 3.16. The zero-order chi connectivity index (χ0) is 21.3. The summed E-state index contributed by atoms with van der Waals surface area (Å²) in [5.41, 5.74) is 2.47. The number of hydrogen-bond donors (Lipinski definition) is 0. The van der Waals surface area contributed by atoms with E-state index in [4.69, 9.17) is 37.7 Å². The molecule has 0 amide bonds. The van der Waals surface area contributed by atoms with Gasteiger partial charge in [0.25, 0.3) is 5.56 Å². The number of nitrogens with zero attached hydrogens (tertiary/aromatic N) is 2. The van der Waals surface area contributed by atoms with Crippen LogP contribution in [-0.4, -0.2) is 29.5 Å². The molecular weight excluding hydrogens is 463 g/mol. The molecule has 4 rings (SSSR count). The molecule has 156 valence electrons. The molecule has 0 aliphatic carbocycles. The lowest BCUT2D eigenvalue weighted by molar-refractivity contribution is 0.354. The van der Waals surface area contributed by atoms with Crippen LogP contribution >= 0.6 is 46.7 Å². The lowest BCUT2D eigenvalue weighted by Crippen LogP contribution is -2.23. The molecule has 3 aromatic rings. The van der Waals surface area contributed by atoms with Gasteiger partial charge >= 0.3 is 0 Å². The van der Waals surface area contributed by atoms with Crippen LogP contribution in [0.1, 0.15) is 11.3 Å². The maximum Gasteiger partial charge on any atom is 0.272 e. The molecular formula is C21H18Cl2N2O3S2. The number of rotatable bonds is 6. The van der Waals surface area contributed by atoms with Crippen molar-refractivity contribution in [2.45, 2.75) is 22.2 Å². The highest BCUT2D eigenvalue weighted by Crippen LogP contribution is 2.34. The number of halogens is 2. The first-order valence-electron chi connectivity index (χ1n) is 9.09. The van der Waals surface area contributed by atoms with Crippen LogP contribution in [0.25, 0.3) is 5.69 Å². The number of hydrogen-bond acceptors (Lipinski definition) is 6. The molecule has 0 unspecified atom stereocenters. The van der Waals surface area contributed by atoms with Gasteiger partial charge in [-0.1, -0.05) is 41.0 Å². The number of fused-ring (bicyclic) bond motifs is 1. The molecule has 0 bridgehead atoms. The van der Waals surface area contributed by atoms with Crippen LogP contribution < -0.4 is 15.0 Å². The van der Waals surface area contributed by atoms with Gasteiger partial charge in [0.1, 0.15) is 0 Å². The van der Waals surface area contributed by atoms with Crippen LogP contribution in [0, 0.1) is 0 Å². The molecule has 0 N–H and O–H groups in total. The Balaban J connectivity index is 1.77. The topological polar surface area (TPSA) is 53.4 Å². The van der Waals surface area contributed by atoms with Crippen LogP contribution in [0.5, 0.6) is 11.5 Å². The van der Waals surface area contributed by atoms with Crippen LogP contribution in [0.15, 0.2) is 51.2 Å². The zero-order valence-corrected chi connectivity index (χ0v) is 19.4. The van der Waals surface area contributed by atoms with E-state index >= 15 is 0 Å². The van der Waals surface area contributed by atoms with Crippen LogP contribution in [0.4, 0.5) is 0 Å². The predicted octanol–water partition coefficient (Wildman–Crippen LogP) is 5.50. The van der Waals surface area contributed by atoms with E-state index in [0.29, 0.717) is 43.0 Å². The highest BCUT2D eigenvalue weighted by Gasteiger charge is 2.23. The standard InChI is InChI=1S/C21H18Cl2N2O3S2/c1-27-17-6-4-13(10-18(17)28-2)25-20(26)19-16(7-8-29-19)24-21(25)30-11-12-3-5-14(22)15(23)9-12/h3-6,9-10H,7-8,11H2,1-2H3. The highest BCUT2D eigenvalue weighted by atomic mass is 35.5. The summed E-state index contributed by atoms with van der Waals surface area (Å²) in [6.07, 6.45) is 0.794. The zero-order valence-electron chi connectivity index (χ0n) is 16.3. The SMILES string of the molecule is COc1ccc(-n2c(SCc3ccc(Cl)c(Cl)c3)nc3c(c2=O)SCC3)cc1OC. The van der Waals surface area contributed by atoms with Crippen molar-refractivity contribution in [1.82, 2.24) is 9.55 Å². The van der Waals surface area contributed by atoms with Gasteiger partial charge in [0, 0.05) is 24.0 Å². The van der Waals surface area contributed by atoms with Gasteiger partial charge in [-0.3, -0.25) is 9.36 Å². The Hall–Kier alpha value is -1.80. The van der Waals surface area contributed by atoms with Gasteiger partial charge in [-0.05, 0) is 29.8 Å². The summed E-state index contributed by atoms with van der Waals surface area (Å²) >= 11 is 15.2. The van der Waals surface area contributed by atoms with E-state index in [1.54, 1.807) is 48.7 Å². The minimum absolute atomic E-state index is 0.0636. The minimum Gasteiger partial charge on any atom is -0.493 e. The van der Waals surface area contributed by atoms with Gasteiger partial charge in [-0.25, -0.2) is 4.98 Å². The van der Waals surface area contributed by atoms with Gasteiger partial charge in [0.2, 0.25) is 0 Å². The third-order valence-electron chi connectivity index (χ3n) is 4.64. The molecule has 5 nitrogen and oxygen atoms in total. The third-order valence-corrected chi connectivity index (χ3v) is 7.50. The van der Waals surface area contributed by atoms with Gasteiger partial charge in [-0.15, -0.1) is 11.8 Å². The minimum atomic E-state index is -0.0636. The van der Waals surface area contributed by atoms with E-state index in [-0.39, 0.29) is 5.56 Å². The van der Waals surface area contributed by atoms with Gasteiger partial charge < -0.3 is 9.47 Å². The van der Waals surface area contributed by atoms with Crippen molar-refractivity contribution in [2.24, 2.45) is 0 Å². The number of methoxy groups -OCH3 is 2. The Bertz CT molecular complexity index is 1170. The van der Waals surface area contributed by atoms with Crippen LogP contribution in [0.2, 0.25) is 10.0 Å². The fourth-order valence-corrected chi connectivity index (χ4v) is 5.47. The Labute approximate surface area is 192 Å². The van der Waals surface area contributed by atoms with E-state index < -0.39 is 0 Å². The second-order valence-electron chi connectivity index (χ2n) is 6.49. The van der Waals surface area contributed by atoms with E-state index in [1.807, 2.05) is 18.2 Å². The molecule has 0 spiro atoms. The summed E-state index contributed by atoms with van der Waals surface area (Å²) in [5, 5.41) is 1.64. The second-order valence-corrected chi connectivity index (χ2v) is 9.35. The highest BCUT2D eigenvalue weighted by molar-refractivity contribution is 7.99. The van der Waals surface area contributed by atoms with E-state index in [9.17, 15) is 4.79 Å². The molecule has 1 aliphatic heterocycles. The monoisotopic (exact) mass is 480 g/mol. The first kappa shape index (κ1) is 21.4. The summed E-state index contributed by atoms with van der Waals surface area (Å²) in [4.78, 5) is 18.9. The summed E-state index contributed by atoms with van der Waals surface area (Å²) < 4.78 is 12.4. The molecule has 0 fully saturated rings. The second kappa shape index (κ2) is 9.14. The molecule has 2 aromatic carbocycles. The number of thioether (sulfide) groups is 2. The third kappa shape index (κ3) is 4.17. The van der Waals surface area contributed by atoms with E-state index in [1.165, 1.54) is 11.8 Å². The first-order chi connectivity index (χ1) is 14.5. The lowest BCUT2D eigenvalue weighted by atomic mass is 10.2. The van der Waals surface area contributed by atoms with Crippen molar-refractivity contribution in [2.75, 3.05) is 20.0 Å². The number of benzene rings is 2. The molecule has 30 heavy (non-hydrogen) atoms. The molecule has 9 heteroatoms. The van der Waals surface area contributed by atoms with Crippen molar-refractivity contribution in [1.29, 1.82) is 0 Å². The molecule has 0 radical (unpaired) electrons. The summed E-state index contributed by atoms with van der Waals surface area (Å²) in [6, 6.07) is 10.9. The Kier molecular flexibility index (Phi) is 6.53. The summed E-state index contributed by atoms with van der Waals surface area (Å²) in [6.45, 7) is 0. The Morgan fingerprint density at radius 1 is 1.10 bits per heavy atom. The predicted molar refractivity (Wildman–Crippen MR) is 123 cm³/mol. The van der Waals surface area contributed by atoms with E-state index in [0.717, 1.165) is 23.4 Å². The van der Waals surface area contributed by atoms with Gasteiger partial charge in [-0.2, -0.15) is 0 Å². The Morgan fingerprint density at radius 3 is 2.63 bits per heavy atom. The van der Waals surface area contributed by atoms with Crippen LogP contribution in [0.3, 0.4) is 0 Å². The molecule has 0 atom stereocenters. The molecule has 0 saturated heterocycles. The number of aryl methyl sites for hydroxylation is 1. The molecule has 1 aromatic heterocycles. The Morgan fingerprint density at radius 2 is 1.90 bits per heavy atom. The summed E-state index contributed by atoms with van der Waals surface area (Å²) in [5.74, 6) is 2.62. The van der Waals surface area contributed by atoms with Gasteiger partial charge in [0.15, 0.2) is 16.7 Å². The number of ether oxygens (including phenoxy) is 2. The van der Waals surface area contributed by atoms with Crippen molar-refractivity contribution < 1.29 is 9.47 Å². The maximum absolute atomic E-state index is 13.3. The fraction of sp³-hybridized carbons (Fsp3) is 0.238. The van der Waals surface area contributed by atoms with Crippen molar-refractivity contribution >= 4 is 46.7 Å². The smallest absolute Gasteiger partial charge is 0.272 e. The lowest BCUT2D eigenvalue weighted by Gasteiger charge is -2.16.